The lowest BCUT2D eigenvalue weighted by Crippen LogP contribution is -2.55. The number of pyridine rings is 1. The first-order valence-corrected chi connectivity index (χ1v) is 9.06. The molecule has 25 heavy (non-hydrogen) atoms. The third-order valence-corrected chi connectivity index (χ3v) is 6.34. The number of nitrogens with zero attached hydrogens (tertiary/aromatic N) is 4. The van der Waals surface area contributed by atoms with Gasteiger partial charge in [0, 0.05) is 18.0 Å². The van der Waals surface area contributed by atoms with Gasteiger partial charge in [0.2, 0.25) is 16.0 Å². The molecule has 0 spiro atoms. The molecule has 1 unspecified atom stereocenters. The number of aromatic nitrogens is 3. The number of primary sulfonamides is 1. The van der Waals surface area contributed by atoms with Crippen LogP contribution >= 0.6 is 0 Å². The van der Waals surface area contributed by atoms with Crippen LogP contribution in [-0.4, -0.2) is 40.5 Å². The first-order chi connectivity index (χ1) is 11.4. The molecule has 2 aromatic rings. The Balaban J connectivity index is 2.23. The zero-order valence-electron chi connectivity index (χ0n) is 14.1. The van der Waals surface area contributed by atoms with Gasteiger partial charge in [-0.2, -0.15) is 4.98 Å². The lowest BCUT2D eigenvalue weighted by atomic mass is 9.77. The number of hydrogen-bond donors (Lipinski definition) is 2. The van der Waals surface area contributed by atoms with Crippen LogP contribution in [0.3, 0.4) is 0 Å². The Kier molecular flexibility index (Phi) is 3.73. The minimum Gasteiger partial charge on any atom is -0.366 e. The van der Waals surface area contributed by atoms with Crippen molar-refractivity contribution in [1.82, 2.24) is 14.6 Å². The number of anilines is 1. The number of sulfonamides is 1. The van der Waals surface area contributed by atoms with Gasteiger partial charge in [-0.3, -0.25) is 4.99 Å². The summed E-state index contributed by atoms with van der Waals surface area (Å²) < 4.78 is 38.8. The van der Waals surface area contributed by atoms with Gasteiger partial charge in [0.1, 0.15) is 4.75 Å². The molecule has 0 saturated carbocycles. The fourth-order valence-electron chi connectivity index (χ4n) is 2.94. The lowest BCUT2D eigenvalue weighted by molar-refractivity contribution is 0.317. The smallest absolute Gasteiger partial charge is 0.240 e. The highest BCUT2D eigenvalue weighted by Crippen LogP contribution is 2.41. The van der Waals surface area contributed by atoms with Gasteiger partial charge in [-0.25, -0.2) is 22.5 Å². The van der Waals surface area contributed by atoms with Gasteiger partial charge in [-0.1, -0.05) is 26.8 Å². The Morgan fingerprint density at radius 1 is 1.36 bits per heavy atom. The van der Waals surface area contributed by atoms with E-state index < -0.39 is 26.0 Å². The van der Waals surface area contributed by atoms with Crippen molar-refractivity contribution in [3.63, 3.8) is 0 Å². The van der Waals surface area contributed by atoms with Crippen molar-refractivity contribution in [1.29, 1.82) is 0 Å². The summed E-state index contributed by atoms with van der Waals surface area (Å²) in [5, 5.41) is 9.42. The Labute approximate surface area is 144 Å². The van der Waals surface area contributed by atoms with E-state index in [-0.39, 0.29) is 18.1 Å². The summed E-state index contributed by atoms with van der Waals surface area (Å²) >= 11 is 0. The highest BCUT2D eigenvalue weighted by Gasteiger charge is 2.50. The third kappa shape index (κ3) is 2.71. The molecule has 0 aliphatic carbocycles. The minimum absolute atomic E-state index is 0.000165. The maximum atomic E-state index is 14.3. The second-order valence-corrected chi connectivity index (χ2v) is 8.89. The van der Waals surface area contributed by atoms with Crippen LogP contribution in [0.1, 0.15) is 26.3 Å². The molecule has 0 aromatic carbocycles. The largest absolute Gasteiger partial charge is 0.366 e. The first-order valence-electron chi connectivity index (χ1n) is 7.51. The standard InChI is InChI=1S/C15H19FN6O2S/c1-14(2,3)15(25(18,23)24)5-10(6-19-8-15)9-4-11(16)12-20-13(17)21-22(12)7-9/h4-7H,8H2,1-3H3,(H2,17,21)(H2,18,23,24). The Bertz CT molecular complexity index is 1020. The summed E-state index contributed by atoms with van der Waals surface area (Å²) in [5.74, 6) is -0.686. The molecule has 1 aliphatic heterocycles. The Hall–Kier alpha value is -2.33. The molecule has 0 radical (unpaired) electrons. The lowest BCUT2D eigenvalue weighted by Gasteiger charge is -2.41. The van der Waals surface area contributed by atoms with E-state index in [9.17, 15) is 12.8 Å². The van der Waals surface area contributed by atoms with Crippen molar-refractivity contribution in [3.05, 3.63) is 29.7 Å². The fourth-order valence-corrected chi connectivity index (χ4v) is 4.34. The molecule has 1 atom stereocenters. The SMILES string of the molecule is CC(C)(C)C1(S(N)(=O)=O)C=C(c2cc(F)c3nc(N)nn3c2)C=NC1. The summed E-state index contributed by atoms with van der Waals surface area (Å²) in [5.41, 5.74) is 5.60. The molecule has 3 rings (SSSR count). The second-order valence-electron chi connectivity index (χ2n) is 7.07. The number of nitrogens with two attached hydrogens (primary N) is 2. The van der Waals surface area contributed by atoms with Gasteiger partial charge >= 0.3 is 0 Å². The number of dihydropyridines is 1. The zero-order chi connectivity index (χ0) is 18.6. The van der Waals surface area contributed by atoms with Crippen molar-refractivity contribution in [3.8, 4) is 0 Å². The average molecular weight is 366 g/mol. The third-order valence-electron chi connectivity index (χ3n) is 4.46. The molecule has 4 N–H and O–H groups in total. The molecule has 0 amide bonds. The van der Waals surface area contributed by atoms with Crippen molar-refractivity contribution in [2.45, 2.75) is 25.5 Å². The Morgan fingerprint density at radius 2 is 2.04 bits per heavy atom. The quantitative estimate of drug-likeness (QED) is 0.819. The van der Waals surface area contributed by atoms with Gasteiger partial charge in [0.25, 0.3) is 0 Å². The minimum atomic E-state index is -3.97. The molecule has 2 aromatic heterocycles. The first kappa shape index (κ1) is 17.5. The number of allylic oxidation sites excluding steroid dienone is 1. The van der Waals surface area contributed by atoms with E-state index in [4.69, 9.17) is 10.9 Å². The number of rotatable bonds is 2. The molecule has 3 heterocycles. The zero-order valence-corrected chi connectivity index (χ0v) is 14.9. The van der Waals surface area contributed by atoms with E-state index in [0.717, 1.165) is 0 Å². The van der Waals surface area contributed by atoms with Crippen LogP contribution in [0.15, 0.2) is 23.3 Å². The number of hydrogen-bond acceptors (Lipinski definition) is 6. The van der Waals surface area contributed by atoms with E-state index in [1.165, 1.54) is 29.1 Å². The highest BCUT2D eigenvalue weighted by molar-refractivity contribution is 7.90. The second kappa shape index (κ2) is 5.33. The van der Waals surface area contributed by atoms with Crippen LogP contribution in [0.5, 0.6) is 0 Å². The van der Waals surface area contributed by atoms with E-state index in [1.54, 1.807) is 20.8 Å². The molecule has 0 saturated heterocycles. The van der Waals surface area contributed by atoms with Gasteiger partial charge in [0.05, 0.1) is 6.54 Å². The number of halogens is 1. The highest BCUT2D eigenvalue weighted by atomic mass is 32.2. The maximum Gasteiger partial charge on any atom is 0.240 e. The van der Waals surface area contributed by atoms with Crippen molar-refractivity contribution in [2.75, 3.05) is 12.3 Å². The molecular formula is C15H19FN6O2S. The summed E-state index contributed by atoms with van der Waals surface area (Å²) in [4.78, 5) is 7.98. The van der Waals surface area contributed by atoms with E-state index in [2.05, 4.69) is 15.1 Å². The molecule has 134 valence electrons. The van der Waals surface area contributed by atoms with Gasteiger partial charge < -0.3 is 5.73 Å². The molecule has 0 fully saturated rings. The maximum absolute atomic E-state index is 14.3. The van der Waals surface area contributed by atoms with Crippen molar-refractivity contribution in [2.24, 2.45) is 15.5 Å². The number of aliphatic imine (C=N–C) groups is 1. The molecule has 10 heteroatoms. The fraction of sp³-hybridized carbons (Fsp3) is 0.400. The van der Waals surface area contributed by atoms with Crippen LogP contribution in [0.4, 0.5) is 10.3 Å². The summed E-state index contributed by atoms with van der Waals surface area (Å²) in [6.07, 6.45) is 4.55. The summed E-state index contributed by atoms with van der Waals surface area (Å²) in [7, 11) is -3.97. The summed E-state index contributed by atoms with van der Waals surface area (Å²) in [6.45, 7) is 5.32. The number of fused-ring (bicyclic) bond motifs is 1. The predicted molar refractivity (Wildman–Crippen MR) is 94.0 cm³/mol. The van der Waals surface area contributed by atoms with Crippen molar-refractivity contribution < 1.29 is 12.8 Å². The molecule has 8 nitrogen and oxygen atoms in total. The summed E-state index contributed by atoms with van der Waals surface area (Å²) in [6, 6.07) is 1.24. The Morgan fingerprint density at radius 3 is 2.64 bits per heavy atom. The monoisotopic (exact) mass is 366 g/mol. The predicted octanol–water partition coefficient (Wildman–Crippen LogP) is 0.992. The van der Waals surface area contributed by atoms with Gasteiger partial charge in [-0.05, 0) is 17.1 Å². The van der Waals surface area contributed by atoms with E-state index in [1.807, 2.05) is 0 Å². The molecule has 1 aliphatic rings. The topological polar surface area (TPSA) is 129 Å². The normalized spacial score (nSPS) is 21.6. The van der Waals surface area contributed by atoms with Crippen LogP contribution in [0.25, 0.3) is 11.2 Å². The van der Waals surface area contributed by atoms with Crippen LogP contribution in [0.2, 0.25) is 0 Å². The molecular weight excluding hydrogens is 347 g/mol. The van der Waals surface area contributed by atoms with E-state index in [0.29, 0.717) is 11.1 Å². The van der Waals surface area contributed by atoms with Gasteiger partial charge in [0.15, 0.2) is 11.5 Å². The van der Waals surface area contributed by atoms with Crippen LogP contribution in [-0.2, 0) is 10.0 Å². The van der Waals surface area contributed by atoms with Crippen LogP contribution < -0.4 is 10.9 Å². The number of nitrogen functional groups attached to an aromatic ring is 1. The molecule has 0 bridgehead atoms. The van der Waals surface area contributed by atoms with Gasteiger partial charge in [-0.15, -0.1) is 5.10 Å². The van der Waals surface area contributed by atoms with Crippen molar-refractivity contribution >= 4 is 33.4 Å². The average Bonchev–Trinajstić information content (AvgIpc) is 2.86. The van der Waals surface area contributed by atoms with E-state index >= 15 is 0 Å². The van der Waals surface area contributed by atoms with Crippen LogP contribution in [0, 0.1) is 11.2 Å².